The van der Waals surface area contributed by atoms with Gasteiger partial charge >= 0.3 is 0 Å². The lowest BCUT2D eigenvalue weighted by Crippen LogP contribution is -2.09. The van der Waals surface area contributed by atoms with Crippen LogP contribution in [0.1, 0.15) is 24.2 Å². The number of nitrogens with one attached hydrogen (secondary N) is 1. The molecule has 2 rings (SSSR count). The summed E-state index contributed by atoms with van der Waals surface area (Å²) >= 11 is 0. The molecule has 0 fully saturated rings. The zero-order valence-electron chi connectivity index (χ0n) is 9.94. The third-order valence-corrected chi connectivity index (χ3v) is 2.63. The maximum atomic E-state index is 13.6. The highest BCUT2D eigenvalue weighted by Crippen LogP contribution is 2.21. The summed E-state index contributed by atoms with van der Waals surface area (Å²) in [6.07, 6.45) is 1.74. The fourth-order valence-corrected chi connectivity index (χ4v) is 1.69. The van der Waals surface area contributed by atoms with Crippen molar-refractivity contribution in [3.05, 3.63) is 59.7 Å². The highest BCUT2D eigenvalue weighted by Gasteiger charge is 2.09. The van der Waals surface area contributed by atoms with E-state index >= 15 is 0 Å². The zero-order valence-corrected chi connectivity index (χ0v) is 9.94. The van der Waals surface area contributed by atoms with Gasteiger partial charge < -0.3 is 5.32 Å². The summed E-state index contributed by atoms with van der Waals surface area (Å²) in [5, 5.41) is 3.13. The van der Waals surface area contributed by atoms with Crippen molar-refractivity contribution >= 4 is 5.69 Å². The van der Waals surface area contributed by atoms with E-state index in [1.54, 1.807) is 18.3 Å². The van der Waals surface area contributed by atoms with Gasteiger partial charge in [-0.15, -0.1) is 0 Å². The molecule has 0 saturated heterocycles. The fourth-order valence-electron chi connectivity index (χ4n) is 1.69. The summed E-state index contributed by atoms with van der Waals surface area (Å²) in [7, 11) is 0. The summed E-state index contributed by atoms with van der Waals surface area (Å²) in [5.74, 6) is -0.238. The second-order valence-electron chi connectivity index (χ2n) is 4.10. The van der Waals surface area contributed by atoms with E-state index in [9.17, 15) is 4.39 Å². The number of pyridine rings is 1. The van der Waals surface area contributed by atoms with Crippen molar-refractivity contribution < 1.29 is 4.39 Å². The number of halogens is 1. The molecule has 3 heteroatoms. The normalized spacial score (nSPS) is 12.2. The van der Waals surface area contributed by atoms with Gasteiger partial charge in [-0.3, -0.25) is 4.98 Å². The zero-order chi connectivity index (χ0) is 12.3. The van der Waals surface area contributed by atoms with Crippen LogP contribution in [0.15, 0.2) is 42.6 Å². The number of aryl methyl sites for hydroxylation is 1. The van der Waals surface area contributed by atoms with Gasteiger partial charge in [0.25, 0.3) is 0 Å². The van der Waals surface area contributed by atoms with E-state index in [2.05, 4.69) is 10.3 Å². The molecule has 1 unspecified atom stereocenters. The molecule has 2 nitrogen and oxygen atoms in total. The average molecular weight is 230 g/mol. The minimum atomic E-state index is -0.238. The molecule has 0 saturated carbocycles. The molecule has 1 atom stereocenters. The largest absolute Gasteiger partial charge is 0.375 e. The summed E-state index contributed by atoms with van der Waals surface area (Å²) in [5.41, 5.74) is 2.44. The molecule has 0 spiro atoms. The first kappa shape index (κ1) is 11.6. The van der Waals surface area contributed by atoms with Gasteiger partial charge in [-0.1, -0.05) is 12.1 Å². The van der Waals surface area contributed by atoms with Gasteiger partial charge in [0.05, 0.1) is 17.4 Å². The minimum Gasteiger partial charge on any atom is -0.375 e. The molecule has 1 N–H and O–H groups in total. The number of rotatable bonds is 3. The van der Waals surface area contributed by atoms with Crippen LogP contribution in [0.5, 0.6) is 0 Å². The predicted molar refractivity (Wildman–Crippen MR) is 67.4 cm³/mol. The highest BCUT2D eigenvalue weighted by molar-refractivity contribution is 5.48. The lowest BCUT2D eigenvalue weighted by Gasteiger charge is -2.15. The molecule has 0 aliphatic carbocycles. The van der Waals surface area contributed by atoms with Crippen molar-refractivity contribution in [1.29, 1.82) is 0 Å². The Morgan fingerprint density at radius 2 is 2.06 bits per heavy atom. The van der Waals surface area contributed by atoms with Crippen molar-refractivity contribution in [2.45, 2.75) is 19.9 Å². The summed E-state index contributed by atoms with van der Waals surface area (Å²) in [4.78, 5) is 4.24. The van der Waals surface area contributed by atoms with Crippen LogP contribution in [0, 0.1) is 12.7 Å². The Morgan fingerprint density at radius 3 is 2.76 bits per heavy atom. The highest BCUT2D eigenvalue weighted by atomic mass is 19.1. The molecule has 88 valence electrons. The first-order valence-electron chi connectivity index (χ1n) is 5.60. The molecule has 17 heavy (non-hydrogen) atoms. The van der Waals surface area contributed by atoms with Crippen molar-refractivity contribution in [2.75, 3.05) is 5.32 Å². The summed E-state index contributed by atoms with van der Waals surface area (Å²) in [6.45, 7) is 3.90. The van der Waals surface area contributed by atoms with Crippen molar-refractivity contribution in [1.82, 2.24) is 4.98 Å². The third kappa shape index (κ3) is 2.81. The van der Waals surface area contributed by atoms with Crippen LogP contribution in [-0.4, -0.2) is 4.98 Å². The first-order valence-corrected chi connectivity index (χ1v) is 5.60. The molecule has 1 aromatic carbocycles. The second kappa shape index (κ2) is 4.95. The topological polar surface area (TPSA) is 24.9 Å². The average Bonchev–Trinajstić information content (AvgIpc) is 2.35. The number of anilines is 1. The Hall–Kier alpha value is -1.90. The lowest BCUT2D eigenvalue weighted by molar-refractivity contribution is 0.626. The van der Waals surface area contributed by atoms with Crippen LogP contribution in [0.2, 0.25) is 0 Å². The van der Waals surface area contributed by atoms with Crippen LogP contribution in [0.4, 0.5) is 10.1 Å². The van der Waals surface area contributed by atoms with Gasteiger partial charge in [-0.05, 0) is 43.7 Å². The number of hydrogen-bond acceptors (Lipinski definition) is 2. The smallest absolute Gasteiger partial charge is 0.146 e. The Balaban J connectivity index is 2.18. The molecule has 1 heterocycles. The number of hydrogen-bond donors (Lipinski definition) is 1. The number of aromatic nitrogens is 1. The molecule has 1 aromatic heterocycles. The number of nitrogens with zero attached hydrogens (tertiary/aromatic N) is 1. The monoisotopic (exact) mass is 230 g/mol. The second-order valence-corrected chi connectivity index (χ2v) is 4.10. The third-order valence-electron chi connectivity index (χ3n) is 2.63. The van der Waals surface area contributed by atoms with Crippen LogP contribution < -0.4 is 5.32 Å². The predicted octanol–water partition coefficient (Wildman–Crippen LogP) is 3.70. The van der Waals surface area contributed by atoms with Gasteiger partial charge in [0.2, 0.25) is 0 Å². The van der Waals surface area contributed by atoms with E-state index in [1.807, 2.05) is 32.0 Å². The van der Waals surface area contributed by atoms with E-state index in [1.165, 1.54) is 6.07 Å². The molecule has 0 aliphatic rings. The molecular weight excluding hydrogens is 215 g/mol. The van der Waals surface area contributed by atoms with Crippen LogP contribution in [-0.2, 0) is 0 Å². The molecule has 2 aromatic rings. The SMILES string of the molecule is Cc1ccc(F)c(NC(C)c2ccccn2)c1. The molecule has 0 bridgehead atoms. The minimum absolute atomic E-state index is 0.0208. The van der Waals surface area contributed by atoms with Crippen LogP contribution in [0.3, 0.4) is 0 Å². The number of benzene rings is 1. The van der Waals surface area contributed by atoms with Gasteiger partial charge in [0, 0.05) is 6.20 Å². The molecule has 0 aliphatic heterocycles. The quantitative estimate of drug-likeness (QED) is 0.869. The van der Waals surface area contributed by atoms with E-state index < -0.39 is 0 Å². The van der Waals surface area contributed by atoms with Gasteiger partial charge in [0.1, 0.15) is 5.82 Å². The Labute approximate surface area is 101 Å². The van der Waals surface area contributed by atoms with Crippen LogP contribution in [0.25, 0.3) is 0 Å². The standard InChI is InChI=1S/C14H15FN2/c1-10-6-7-12(15)14(9-10)17-11(2)13-5-3-4-8-16-13/h3-9,11,17H,1-2H3. The molecule has 0 amide bonds. The molecule has 0 radical (unpaired) electrons. The van der Waals surface area contributed by atoms with Gasteiger partial charge in [-0.2, -0.15) is 0 Å². The van der Waals surface area contributed by atoms with Gasteiger partial charge in [-0.25, -0.2) is 4.39 Å². The Bertz CT molecular complexity index is 497. The maximum Gasteiger partial charge on any atom is 0.146 e. The van der Waals surface area contributed by atoms with Crippen molar-refractivity contribution in [2.24, 2.45) is 0 Å². The van der Waals surface area contributed by atoms with E-state index in [-0.39, 0.29) is 11.9 Å². The lowest BCUT2D eigenvalue weighted by atomic mass is 10.1. The summed E-state index contributed by atoms with van der Waals surface area (Å²) in [6, 6.07) is 10.7. The fraction of sp³-hybridized carbons (Fsp3) is 0.214. The van der Waals surface area contributed by atoms with E-state index in [0.29, 0.717) is 5.69 Å². The van der Waals surface area contributed by atoms with Crippen LogP contribution >= 0.6 is 0 Å². The Morgan fingerprint density at radius 1 is 1.24 bits per heavy atom. The van der Waals surface area contributed by atoms with Crippen molar-refractivity contribution in [3.63, 3.8) is 0 Å². The van der Waals surface area contributed by atoms with Gasteiger partial charge in [0.15, 0.2) is 0 Å². The summed E-state index contributed by atoms with van der Waals surface area (Å²) < 4.78 is 13.6. The van der Waals surface area contributed by atoms with E-state index in [4.69, 9.17) is 0 Å². The maximum absolute atomic E-state index is 13.6. The van der Waals surface area contributed by atoms with E-state index in [0.717, 1.165) is 11.3 Å². The first-order chi connectivity index (χ1) is 8.16. The van der Waals surface area contributed by atoms with Crippen molar-refractivity contribution in [3.8, 4) is 0 Å². The Kier molecular flexibility index (Phi) is 3.38. The molecular formula is C14H15FN2.